The third-order valence-electron chi connectivity index (χ3n) is 1.95. The van der Waals surface area contributed by atoms with Crippen molar-refractivity contribution in [1.82, 2.24) is 10.6 Å². The largest absolute Gasteiger partial charge is 0.342 e. The van der Waals surface area contributed by atoms with Crippen molar-refractivity contribution in [2.45, 2.75) is 25.4 Å². The van der Waals surface area contributed by atoms with Gasteiger partial charge in [0.05, 0.1) is 11.6 Å². The van der Waals surface area contributed by atoms with Gasteiger partial charge in [-0.05, 0) is 27.9 Å². The van der Waals surface area contributed by atoms with Gasteiger partial charge in [-0.25, -0.2) is 0 Å². The van der Waals surface area contributed by atoms with E-state index in [2.05, 4.69) is 10.6 Å². The first-order valence-electron chi connectivity index (χ1n) is 3.63. The first kappa shape index (κ1) is 11.1. The van der Waals surface area contributed by atoms with Crippen molar-refractivity contribution in [3.8, 4) is 0 Å². The highest BCUT2D eigenvalue weighted by molar-refractivity contribution is 7.59. The molecule has 0 spiro atoms. The van der Waals surface area contributed by atoms with E-state index in [1.807, 2.05) is 0 Å². The molecule has 0 aliphatic heterocycles. The van der Waals surface area contributed by atoms with Gasteiger partial charge in [0.1, 0.15) is 0 Å². The van der Waals surface area contributed by atoms with E-state index in [9.17, 15) is 9.46 Å². The van der Waals surface area contributed by atoms with E-state index in [1.165, 1.54) is 0 Å². The Morgan fingerprint density at radius 2 is 1.45 bits per heavy atom. The Bertz CT molecular complexity index is 149. The summed E-state index contributed by atoms with van der Waals surface area (Å²) >= 11 is 0. The van der Waals surface area contributed by atoms with Gasteiger partial charge in [0.15, 0.2) is 0 Å². The molecule has 0 radical (unpaired) electrons. The Balaban J connectivity index is 4.32. The predicted molar refractivity (Wildman–Crippen MR) is 46.9 cm³/mol. The van der Waals surface area contributed by atoms with Crippen LogP contribution in [0.15, 0.2) is 0 Å². The van der Waals surface area contributed by atoms with Crippen LogP contribution in [-0.4, -0.2) is 30.6 Å². The molecule has 0 saturated heterocycles. The first-order valence-corrected chi connectivity index (χ1v) is 5.43. The minimum absolute atomic E-state index is 0.357. The molecule has 0 fully saturated rings. The third kappa shape index (κ3) is 2.56. The summed E-state index contributed by atoms with van der Waals surface area (Å²) < 4.78 is 11.5. The quantitative estimate of drug-likeness (QED) is 0.547. The molecule has 0 amide bonds. The summed E-state index contributed by atoms with van der Waals surface area (Å²) in [5, 5.41) is 5.53. The number of nitrogens with one attached hydrogen (secondary N) is 2. The van der Waals surface area contributed by atoms with E-state index in [4.69, 9.17) is 0 Å². The lowest BCUT2D eigenvalue weighted by Gasteiger charge is -2.24. The van der Waals surface area contributed by atoms with Gasteiger partial charge in [0.25, 0.3) is 0 Å². The van der Waals surface area contributed by atoms with Crippen molar-refractivity contribution in [3.63, 3.8) is 0 Å². The van der Waals surface area contributed by atoms with Gasteiger partial charge in [0.2, 0.25) is 7.37 Å². The van der Waals surface area contributed by atoms with Crippen molar-refractivity contribution in [2.24, 2.45) is 0 Å². The zero-order valence-corrected chi connectivity index (χ0v) is 8.35. The van der Waals surface area contributed by atoms with Crippen LogP contribution in [0.5, 0.6) is 0 Å². The minimum atomic E-state index is -3.10. The minimum Gasteiger partial charge on any atom is -0.342 e. The van der Waals surface area contributed by atoms with E-state index in [0.29, 0.717) is 0 Å². The summed E-state index contributed by atoms with van der Waals surface area (Å²) in [6.45, 7) is 3.41. The molecule has 0 aromatic heterocycles. The van der Waals surface area contributed by atoms with Gasteiger partial charge in [-0.1, -0.05) is 0 Å². The SMILES string of the molecule is CNC(C)P(=O)(O)C(C)NC. The Morgan fingerprint density at radius 1 is 1.18 bits per heavy atom. The van der Waals surface area contributed by atoms with Crippen LogP contribution in [0.25, 0.3) is 0 Å². The molecule has 0 aromatic carbocycles. The van der Waals surface area contributed by atoms with Gasteiger partial charge in [-0.15, -0.1) is 0 Å². The van der Waals surface area contributed by atoms with Crippen molar-refractivity contribution < 1.29 is 9.46 Å². The van der Waals surface area contributed by atoms with Gasteiger partial charge in [0, 0.05) is 0 Å². The molecule has 3 N–H and O–H groups in total. The van der Waals surface area contributed by atoms with Crippen molar-refractivity contribution in [2.75, 3.05) is 14.1 Å². The molecule has 0 aliphatic carbocycles. The summed E-state index contributed by atoms with van der Waals surface area (Å²) in [6.07, 6.45) is 0. The molecule has 2 unspecified atom stereocenters. The van der Waals surface area contributed by atoms with E-state index in [0.717, 1.165) is 0 Å². The van der Waals surface area contributed by atoms with E-state index >= 15 is 0 Å². The molecule has 0 heterocycles. The molecule has 0 aliphatic rings. The smallest absolute Gasteiger partial charge is 0.232 e. The van der Waals surface area contributed by atoms with E-state index in [1.54, 1.807) is 27.9 Å². The predicted octanol–water partition coefficient (Wildman–Crippen LogP) is 0.388. The molecular weight excluding hydrogens is 163 g/mol. The van der Waals surface area contributed by atoms with E-state index < -0.39 is 7.37 Å². The van der Waals surface area contributed by atoms with Crippen molar-refractivity contribution >= 4 is 7.37 Å². The second-order valence-corrected chi connectivity index (χ2v) is 5.50. The fraction of sp³-hybridized carbons (Fsp3) is 1.00. The van der Waals surface area contributed by atoms with Gasteiger partial charge < -0.3 is 15.5 Å². The van der Waals surface area contributed by atoms with E-state index in [-0.39, 0.29) is 11.6 Å². The number of hydrogen-bond acceptors (Lipinski definition) is 3. The van der Waals surface area contributed by atoms with Crippen LogP contribution in [0.2, 0.25) is 0 Å². The van der Waals surface area contributed by atoms with Crippen LogP contribution in [0.1, 0.15) is 13.8 Å². The van der Waals surface area contributed by atoms with Crippen LogP contribution in [0.4, 0.5) is 0 Å². The molecule has 2 atom stereocenters. The molecule has 4 nitrogen and oxygen atoms in total. The van der Waals surface area contributed by atoms with Crippen LogP contribution < -0.4 is 10.6 Å². The summed E-state index contributed by atoms with van der Waals surface area (Å²) in [5.74, 6) is -0.713. The van der Waals surface area contributed by atoms with Crippen LogP contribution in [0.3, 0.4) is 0 Å². The first-order chi connectivity index (χ1) is 4.96. The summed E-state index contributed by atoms with van der Waals surface area (Å²) in [7, 11) is 0.256. The van der Waals surface area contributed by atoms with Gasteiger partial charge in [-0.2, -0.15) is 0 Å². The lowest BCUT2D eigenvalue weighted by Crippen LogP contribution is -2.31. The molecular formula is C6H17N2O2P. The summed E-state index contributed by atoms with van der Waals surface area (Å²) in [6, 6.07) is 0. The Labute approximate surface area is 67.8 Å². The Hall–Kier alpha value is 0.110. The maximum atomic E-state index is 11.5. The summed E-state index contributed by atoms with van der Waals surface area (Å²) in [4.78, 5) is 9.48. The summed E-state index contributed by atoms with van der Waals surface area (Å²) in [5.41, 5.74) is 0. The topological polar surface area (TPSA) is 61.4 Å². The molecule has 68 valence electrons. The van der Waals surface area contributed by atoms with Crippen LogP contribution in [-0.2, 0) is 4.57 Å². The van der Waals surface area contributed by atoms with Crippen molar-refractivity contribution in [3.05, 3.63) is 0 Å². The normalized spacial score (nSPS) is 22.3. The third-order valence-corrected chi connectivity index (χ3v) is 4.68. The highest BCUT2D eigenvalue weighted by Crippen LogP contribution is 2.48. The lowest BCUT2D eigenvalue weighted by molar-refractivity contribution is 0.437. The van der Waals surface area contributed by atoms with Gasteiger partial charge in [-0.3, -0.25) is 4.57 Å². The van der Waals surface area contributed by atoms with Gasteiger partial charge >= 0.3 is 0 Å². The Kier molecular flexibility index (Phi) is 4.26. The maximum absolute atomic E-state index is 11.5. The number of rotatable bonds is 4. The highest BCUT2D eigenvalue weighted by atomic mass is 31.2. The zero-order valence-electron chi connectivity index (χ0n) is 7.46. The Morgan fingerprint density at radius 3 is 1.64 bits per heavy atom. The maximum Gasteiger partial charge on any atom is 0.232 e. The fourth-order valence-electron chi connectivity index (χ4n) is 0.705. The number of hydrogen-bond donors (Lipinski definition) is 3. The average Bonchev–Trinajstić information content (AvgIpc) is 2.01. The van der Waals surface area contributed by atoms with Crippen LogP contribution in [0, 0.1) is 0 Å². The fourth-order valence-corrected chi connectivity index (χ4v) is 2.12. The standard InChI is InChI=1S/C6H17N2O2P/c1-5(7-3)11(9,10)6(2)8-4/h5-8H,1-4H3,(H,9,10). The second-order valence-electron chi connectivity index (χ2n) is 2.60. The zero-order chi connectivity index (χ0) is 9.07. The molecule has 11 heavy (non-hydrogen) atoms. The lowest BCUT2D eigenvalue weighted by atomic mass is 10.7. The second kappa shape index (κ2) is 4.21. The molecule has 0 bridgehead atoms. The monoisotopic (exact) mass is 180 g/mol. The highest BCUT2D eigenvalue weighted by Gasteiger charge is 2.31. The molecule has 5 heteroatoms. The molecule has 0 aromatic rings. The van der Waals surface area contributed by atoms with Crippen LogP contribution >= 0.6 is 7.37 Å². The molecule has 0 rings (SSSR count). The van der Waals surface area contributed by atoms with Crippen molar-refractivity contribution in [1.29, 1.82) is 0 Å². The average molecular weight is 180 g/mol. The molecule has 0 saturated carbocycles.